The Morgan fingerprint density at radius 1 is 1.08 bits per heavy atom. The molecule has 1 saturated heterocycles. The summed E-state index contributed by atoms with van der Waals surface area (Å²) < 4.78 is 4.97. The molecular weight excluding hydrogens is 330 g/mol. The van der Waals surface area contributed by atoms with Crippen molar-refractivity contribution in [1.82, 2.24) is 5.32 Å². The molecule has 1 aromatic carbocycles. The maximum atomic E-state index is 12.6. The molecular formula is C20H29N3O3. The fourth-order valence-electron chi connectivity index (χ4n) is 3.43. The number of benzene rings is 1. The van der Waals surface area contributed by atoms with Gasteiger partial charge in [0.25, 0.3) is 0 Å². The van der Waals surface area contributed by atoms with E-state index in [1.54, 1.807) is 7.11 Å². The van der Waals surface area contributed by atoms with Crippen LogP contribution in [0.15, 0.2) is 24.3 Å². The number of amides is 2. The summed E-state index contributed by atoms with van der Waals surface area (Å²) in [6, 6.07) is 7.94. The number of anilines is 2. The van der Waals surface area contributed by atoms with Crippen LogP contribution in [-0.2, 0) is 14.3 Å². The van der Waals surface area contributed by atoms with Gasteiger partial charge in [-0.3, -0.25) is 9.59 Å². The number of nitrogens with one attached hydrogen (secondary N) is 2. The van der Waals surface area contributed by atoms with Gasteiger partial charge < -0.3 is 20.3 Å². The topological polar surface area (TPSA) is 70.7 Å². The van der Waals surface area contributed by atoms with Gasteiger partial charge in [-0.15, -0.1) is 0 Å². The second-order valence-electron chi connectivity index (χ2n) is 7.23. The summed E-state index contributed by atoms with van der Waals surface area (Å²) in [6.45, 7) is 3.32. The molecule has 0 radical (unpaired) electrons. The molecule has 2 aliphatic rings. The summed E-state index contributed by atoms with van der Waals surface area (Å²) in [5, 5.41) is 5.77. The van der Waals surface area contributed by atoms with Crippen molar-refractivity contribution >= 4 is 23.2 Å². The molecule has 3 rings (SSSR count). The highest BCUT2D eigenvalue weighted by Gasteiger charge is 2.56. The molecule has 1 aliphatic carbocycles. The number of carbonyl (C=O) groups is 2. The predicted octanol–water partition coefficient (Wildman–Crippen LogP) is 2.55. The van der Waals surface area contributed by atoms with E-state index < -0.39 is 5.41 Å². The van der Waals surface area contributed by atoms with Crippen molar-refractivity contribution in [3.8, 4) is 0 Å². The van der Waals surface area contributed by atoms with Gasteiger partial charge >= 0.3 is 0 Å². The Hall–Kier alpha value is -2.08. The van der Waals surface area contributed by atoms with Crippen LogP contribution in [0.3, 0.4) is 0 Å². The van der Waals surface area contributed by atoms with Gasteiger partial charge in [-0.2, -0.15) is 0 Å². The Morgan fingerprint density at radius 3 is 2.38 bits per heavy atom. The highest BCUT2D eigenvalue weighted by Crippen LogP contribution is 2.46. The first-order valence-corrected chi connectivity index (χ1v) is 9.59. The van der Waals surface area contributed by atoms with E-state index in [0.717, 1.165) is 25.2 Å². The number of rotatable bonds is 8. The molecule has 26 heavy (non-hydrogen) atoms. The maximum Gasteiger partial charge on any atom is 0.240 e. The van der Waals surface area contributed by atoms with Crippen molar-refractivity contribution in [3.63, 3.8) is 0 Å². The number of hydrogen-bond donors (Lipinski definition) is 2. The minimum absolute atomic E-state index is 0.170. The molecule has 1 saturated carbocycles. The molecule has 2 amide bonds. The first-order valence-electron chi connectivity index (χ1n) is 9.59. The fraction of sp³-hybridized carbons (Fsp3) is 0.600. The third-order valence-corrected chi connectivity index (χ3v) is 5.28. The van der Waals surface area contributed by atoms with Gasteiger partial charge in [0.15, 0.2) is 0 Å². The molecule has 2 N–H and O–H groups in total. The second kappa shape index (κ2) is 8.54. The van der Waals surface area contributed by atoms with Gasteiger partial charge in [0.2, 0.25) is 11.8 Å². The average Bonchev–Trinajstić information content (AvgIpc) is 3.48. The molecule has 1 heterocycles. The van der Waals surface area contributed by atoms with Crippen molar-refractivity contribution in [3.05, 3.63) is 24.3 Å². The zero-order valence-corrected chi connectivity index (χ0v) is 15.6. The first-order chi connectivity index (χ1) is 12.7. The highest BCUT2D eigenvalue weighted by molar-refractivity contribution is 6.13. The molecule has 0 atom stereocenters. The number of carbonyl (C=O) groups excluding carboxylic acids is 2. The van der Waals surface area contributed by atoms with Crippen molar-refractivity contribution in [2.75, 3.05) is 43.6 Å². The summed E-state index contributed by atoms with van der Waals surface area (Å²) in [7, 11) is 1.63. The maximum absolute atomic E-state index is 12.6. The highest BCUT2D eigenvalue weighted by atomic mass is 16.5. The third kappa shape index (κ3) is 4.36. The van der Waals surface area contributed by atoms with Gasteiger partial charge in [0.05, 0.1) is 0 Å². The summed E-state index contributed by atoms with van der Waals surface area (Å²) in [5.74, 6) is -0.372. The van der Waals surface area contributed by atoms with Gasteiger partial charge in [-0.05, 0) is 62.8 Å². The lowest BCUT2D eigenvalue weighted by atomic mass is 10.0. The van der Waals surface area contributed by atoms with Crippen LogP contribution < -0.4 is 15.5 Å². The van der Waals surface area contributed by atoms with Gasteiger partial charge in [-0.25, -0.2) is 0 Å². The molecule has 142 valence electrons. The summed E-state index contributed by atoms with van der Waals surface area (Å²) in [5.41, 5.74) is 1.05. The van der Waals surface area contributed by atoms with Crippen LogP contribution >= 0.6 is 0 Å². The molecule has 0 aromatic heterocycles. The monoisotopic (exact) mass is 359 g/mol. The molecule has 6 heteroatoms. The smallest absolute Gasteiger partial charge is 0.240 e. The Labute approximate surface area is 155 Å². The van der Waals surface area contributed by atoms with Gasteiger partial charge in [-0.1, -0.05) is 0 Å². The number of nitrogens with zero attached hydrogens (tertiary/aromatic N) is 1. The summed E-state index contributed by atoms with van der Waals surface area (Å²) in [4.78, 5) is 27.3. The minimum Gasteiger partial charge on any atom is -0.385 e. The Balaban J connectivity index is 1.53. The van der Waals surface area contributed by atoms with Crippen molar-refractivity contribution in [1.29, 1.82) is 0 Å². The van der Waals surface area contributed by atoms with Crippen molar-refractivity contribution in [2.24, 2.45) is 5.41 Å². The van der Waals surface area contributed by atoms with E-state index in [4.69, 9.17) is 4.74 Å². The number of ether oxygens (including phenoxy) is 1. The summed E-state index contributed by atoms with van der Waals surface area (Å²) >= 11 is 0. The number of methoxy groups -OCH3 is 1. The van der Waals surface area contributed by atoms with Gasteiger partial charge in [0, 0.05) is 44.7 Å². The standard InChI is InChI=1S/C20H29N3O3/c1-26-15-5-12-21-18(24)20(10-11-20)19(25)22-16-6-8-17(9-7-16)23-13-3-2-4-14-23/h6-9H,2-5,10-15H2,1H3,(H,21,24)(H,22,25). The lowest BCUT2D eigenvalue weighted by molar-refractivity contribution is -0.134. The summed E-state index contributed by atoms with van der Waals surface area (Å²) in [6.07, 6.45) is 5.75. The average molecular weight is 359 g/mol. The Bertz CT molecular complexity index is 620. The quantitative estimate of drug-likeness (QED) is 0.553. The van der Waals surface area contributed by atoms with E-state index in [9.17, 15) is 9.59 Å². The molecule has 1 aliphatic heterocycles. The SMILES string of the molecule is COCCCNC(=O)C1(C(=O)Nc2ccc(N3CCCCC3)cc2)CC1. The lowest BCUT2D eigenvalue weighted by Crippen LogP contribution is -2.40. The molecule has 0 spiro atoms. The van der Waals surface area contributed by atoms with Crippen LogP contribution in [0.25, 0.3) is 0 Å². The molecule has 1 aromatic rings. The molecule has 0 bridgehead atoms. The number of piperidine rings is 1. The van der Waals surface area contributed by atoms with E-state index in [1.165, 1.54) is 24.9 Å². The Kier molecular flexibility index (Phi) is 6.14. The predicted molar refractivity (Wildman–Crippen MR) is 102 cm³/mol. The van der Waals surface area contributed by atoms with Crippen molar-refractivity contribution in [2.45, 2.75) is 38.5 Å². The molecule has 6 nitrogen and oxygen atoms in total. The Morgan fingerprint density at radius 2 is 1.77 bits per heavy atom. The normalized spacial score (nSPS) is 18.3. The fourth-order valence-corrected chi connectivity index (χ4v) is 3.43. The van der Waals surface area contributed by atoms with E-state index >= 15 is 0 Å². The van der Waals surface area contributed by atoms with Crippen LogP contribution in [-0.4, -0.2) is 45.2 Å². The van der Waals surface area contributed by atoms with Gasteiger partial charge in [0.1, 0.15) is 5.41 Å². The van der Waals surface area contributed by atoms with E-state index in [-0.39, 0.29) is 11.8 Å². The number of hydrogen-bond acceptors (Lipinski definition) is 4. The van der Waals surface area contributed by atoms with Crippen LogP contribution in [0, 0.1) is 5.41 Å². The zero-order chi connectivity index (χ0) is 18.4. The zero-order valence-electron chi connectivity index (χ0n) is 15.6. The third-order valence-electron chi connectivity index (χ3n) is 5.28. The van der Waals surface area contributed by atoms with Crippen LogP contribution in [0.2, 0.25) is 0 Å². The minimum atomic E-state index is -0.890. The van der Waals surface area contributed by atoms with Crippen LogP contribution in [0.4, 0.5) is 11.4 Å². The largest absolute Gasteiger partial charge is 0.385 e. The van der Waals surface area contributed by atoms with E-state index in [2.05, 4.69) is 15.5 Å². The first kappa shape index (κ1) is 18.7. The lowest BCUT2D eigenvalue weighted by Gasteiger charge is -2.28. The molecule has 0 unspecified atom stereocenters. The van der Waals surface area contributed by atoms with Crippen molar-refractivity contribution < 1.29 is 14.3 Å². The van der Waals surface area contributed by atoms with E-state index in [1.807, 2.05) is 24.3 Å². The van der Waals surface area contributed by atoms with E-state index in [0.29, 0.717) is 26.0 Å². The molecule has 2 fully saturated rings. The second-order valence-corrected chi connectivity index (χ2v) is 7.23. The van der Waals surface area contributed by atoms with Crippen LogP contribution in [0.5, 0.6) is 0 Å². The van der Waals surface area contributed by atoms with Crippen LogP contribution in [0.1, 0.15) is 38.5 Å².